The number of likely N-dealkylation sites (tertiary alicyclic amines) is 1. The molecule has 3 rings (SSSR count). The van der Waals surface area contributed by atoms with Gasteiger partial charge in [0.1, 0.15) is 0 Å². The Kier molecular flexibility index (Phi) is 10.6. The van der Waals surface area contributed by atoms with E-state index in [1.807, 2.05) is 11.9 Å². The molecule has 0 saturated carbocycles. The molecule has 1 aliphatic rings. The second-order valence-electron chi connectivity index (χ2n) is 8.22. The van der Waals surface area contributed by atoms with E-state index in [-0.39, 0.29) is 11.9 Å². The number of hydrogen-bond acceptors (Lipinski definition) is 3. The van der Waals surface area contributed by atoms with E-state index in [1.54, 1.807) is 0 Å². The van der Waals surface area contributed by atoms with Crippen LogP contribution in [0.15, 0.2) is 42.5 Å². The summed E-state index contributed by atoms with van der Waals surface area (Å²) in [6.07, 6.45) is 9.46. The van der Waals surface area contributed by atoms with Gasteiger partial charge < -0.3 is 0 Å². The van der Waals surface area contributed by atoms with Gasteiger partial charge in [-0.15, -0.1) is 0 Å². The molecule has 0 radical (unpaired) electrons. The van der Waals surface area contributed by atoms with Crippen molar-refractivity contribution in [2.45, 2.75) is 71.3 Å². The number of amides is 2. The summed E-state index contributed by atoms with van der Waals surface area (Å²) in [7, 11) is 1.95. The Labute approximate surface area is 182 Å². The Morgan fingerprint density at radius 1 is 1.07 bits per heavy atom. The molecule has 4 nitrogen and oxygen atoms in total. The maximum absolute atomic E-state index is 12.0. The fourth-order valence-electron chi connectivity index (χ4n) is 4.04. The first-order valence-corrected chi connectivity index (χ1v) is 11.5. The molecule has 2 aromatic rings. The molecule has 164 valence electrons. The first-order chi connectivity index (χ1) is 14.6. The fourth-order valence-corrected chi connectivity index (χ4v) is 4.04. The first-order valence-electron chi connectivity index (χ1n) is 11.5. The van der Waals surface area contributed by atoms with Crippen molar-refractivity contribution in [1.82, 2.24) is 9.80 Å². The third-order valence-electron chi connectivity index (χ3n) is 5.90. The van der Waals surface area contributed by atoms with Crippen LogP contribution in [0.3, 0.4) is 0 Å². The van der Waals surface area contributed by atoms with Crippen molar-refractivity contribution in [3.05, 3.63) is 48.0 Å². The molecule has 0 N–H and O–H groups in total. The number of rotatable bonds is 9. The van der Waals surface area contributed by atoms with E-state index in [4.69, 9.17) is 0 Å². The van der Waals surface area contributed by atoms with Crippen molar-refractivity contribution in [1.29, 1.82) is 0 Å². The molecule has 0 aromatic heterocycles. The second kappa shape index (κ2) is 13.2. The molecule has 1 saturated heterocycles. The minimum atomic E-state index is -0.0770. The lowest BCUT2D eigenvalue weighted by Crippen LogP contribution is -2.44. The number of nitrogens with zero attached hydrogens (tertiary/aromatic N) is 2. The zero-order valence-corrected chi connectivity index (χ0v) is 19.0. The average molecular weight is 411 g/mol. The van der Waals surface area contributed by atoms with Crippen LogP contribution in [0, 0.1) is 0 Å². The quantitative estimate of drug-likeness (QED) is 0.408. The molecule has 1 fully saturated rings. The summed E-state index contributed by atoms with van der Waals surface area (Å²) in [5.74, 6) is -0.0221. The van der Waals surface area contributed by atoms with Crippen molar-refractivity contribution in [3.63, 3.8) is 0 Å². The van der Waals surface area contributed by atoms with E-state index in [1.165, 1.54) is 40.5 Å². The van der Waals surface area contributed by atoms with Crippen LogP contribution in [0.2, 0.25) is 0 Å². The third-order valence-corrected chi connectivity index (χ3v) is 5.90. The number of fused-ring (bicyclic) bond motifs is 1. The lowest BCUT2D eigenvalue weighted by atomic mass is 10.0. The van der Waals surface area contributed by atoms with Crippen molar-refractivity contribution >= 4 is 23.1 Å². The van der Waals surface area contributed by atoms with Gasteiger partial charge in [-0.3, -0.25) is 19.4 Å². The maximum atomic E-state index is 12.0. The highest BCUT2D eigenvalue weighted by Gasteiger charge is 2.30. The van der Waals surface area contributed by atoms with Crippen molar-refractivity contribution in [2.75, 3.05) is 20.1 Å². The van der Waals surface area contributed by atoms with Gasteiger partial charge in [-0.2, -0.15) is 0 Å². The number of carbonyl (C=O) groups is 2. The third kappa shape index (κ3) is 6.94. The standard InChI is InChI=1S/C14H16.C12H22N2O2/c1-2-3-7-12-9-6-10-13-8-4-5-11-14(12)13;1-3-4-5-9-14(10-15)12(16)11-7-6-8-13(11)2/h4-6,8-11H,2-3,7H2,1H3;10-11H,3-9H2,1-2H3. The second-order valence-corrected chi connectivity index (χ2v) is 8.22. The van der Waals surface area contributed by atoms with E-state index in [9.17, 15) is 9.59 Å². The van der Waals surface area contributed by atoms with Gasteiger partial charge in [-0.05, 0) is 62.0 Å². The molecule has 1 heterocycles. The molecular weight excluding hydrogens is 372 g/mol. The molecule has 1 unspecified atom stereocenters. The summed E-state index contributed by atoms with van der Waals surface area (Å²) in [6.45, 7) is 5.88. The summed E-state index contributed by atoms with van der Waals surface area (Å²) < 4.78 is 0. The SMILES string of the molecule is CCCCCN(C=O)C(=O)C1CCCN1C.CCCCc1cccc2ccccc12. The summed E-state index contributed by atoms with van der Waals surface area (Å²) >= 11 is 0. The molecule has 2 aromatic carbocycles. The Morgan fingerprint density at radius 2 is 1.80 bits per heavy atom. The topological polar surface area (TPSA) is 40.6 Å². The highest BCUT2D eigenvalue weighted by molar-refractivity contribution is 5.90. The Balaban J connectivity index is 0.000000215. The van der Waals surface area contributed by atoms with Crippen LogP contribution < -0.4 is 0 Å². The fraction of sp³-hybridized carbons (Fsp3) is 0.538. The normalized spacial score (nSPS) is 16.2. The molecule has 0 spiro atoms. The average Bonchev–Trinajstić information content (AvgIpc) is 3.21. The van der Waals surface area contributed by atoms with Crippen LogP contribution in [0.4, 0.5) is 0 Å². The van der Waals surface area contributed by atoms with Crippen LogP contribution in [0.1, 0.15) is 64.4 Å². The van der Waals surface area contributed by atoms with Crippen LogP contribution in [0.5, 0.6) is 0 Å². The van der Waals surface area contributed by atoms with Crippen molar-refractivity contribution in [2.24, 2.45) is 0 Å². The van der Waals surface area contributed by atoms with Gasteiger partial charge in [0.2, 0.25) is 12.3 Å². The maximum Gasteiger partial charge on any atom is 0.246 e. The minimum absolute atomic E-state index is 0.0221. The molecule has 0 aliphatic carbocycles. The Bertz CT molecular complexity index is 784. The number of likely N-dealkylation sites (N-methyl/N-ethyl adjacent to an activating group) is 1. The first kappa shape index (κ1) is 24.1. The van der Waals surface area contributed by atoms with Gasteiger partial charge in [-0.25, -0.2) is 0 Å². The minimum Gasteiger partial charge on any atom is -0.295 e. The Morgan fingerprint density at radius 3 is 2.47 bits per heavy atom. The lowest BCUT2D eigenvalue weighted by molar-refractivity contribution is -0.141. The van der Waals surface area contributed by atoms with Crippen molar-refractivity contribution < 1.29 is 9.59 Å². The van der Waals surface area contributed by atoms with Crippen LogP contribution in [-0.4, -0.2) is 48.3 Å². The predicted molar refractivity (Wildman–Crippen MR) is 126 cm³/mol. The molecule has 0 bridgehead atoms. The number of hydrogen-bond donors (Lipinski definition) is 0. The molecular formula is C26H38N2O2. The lowest BCUT2D eigenvalue weighted by Gasteiger charge is -2.23. The summed E-state index contributed by atoms with van der Waals surface area (Å²) in [5, 5.41) is 2.78. The zero-order chi connectivity index (χ0) is 21.8. The monoisotopic (exact) mass is 410 g/mol. The van der Waals surface area contributed by atoms with E-state index in [0.29, 0.717) is 13.0 Å². The van der Waals surface area contributed by atoms with E-state index >= 15 is 0 Å². The number of imide groups is 1. The van der Waals surface area contributed by atoms with Gasteiger partial charge in [0.05, 0.1) is 6.04 Å². The van der Waals surface area contributed by atoms with Gasteiger partial charge in [0.15, 0.2) is 0 Å². The van der Waals surface area contributed by atoms with Crippen LogP contribution in [0.25, 0.3) is 10.8 Å². The predicted octanol–water partition coefficient (Wildman–Crippen LogP) is 5.44. The molecule has 4 heteroatoms. The number of carbonyl (C=O) groups excluding carboxylic acids is 2. The van der Waals surface area contributed by atoms with Gasteiger partial charge in [0, 0.05) is 6.54 Å². The number of aryl methyl sites for hydroxylation is 1. The summed E-state index contributed by atoms with van der Waals surface area (Å²) in [6, 6.07) is 15.2. The van der Waals surface area contributed by atoms with Crippen LogP contribution in [-0.2, 0) is 16.0 Å². The molecule has 30 heavy (non-hydrogen) atoms. The summed E-state index contributed by atoms with van der Waals surface area (Å²) in [5.41, 5.74) is 1.49. The van der Waals surface area contributed by atoms with Gasteiger partial charge in [0.25, 0.3) is 0 Å². The highest BCUT2D eigenvalue weighted by atomic mass is 16.2. The van der Waals surface area contributed by atoms with E-state index in [0.717, 1.165) is 38.6 Å². The smallest absolute Gasteiger partial charge is 0.246 e. The van der Waals surface area contributed by atoms with Gasteiger partial charge in [-0.1, -0.05) is 75.6 Å². The molecule has 1 aliphatic heterocycles. The largest absolute Gasteiger partial charge is 0.295 e. The highest BCUT2D eigenvalue weighted by Crippen LogP contribution is 2.20. The van der Waals surface area contributed by atoms with Gasteiger partial charge >= 0.3 is 0 Å². The summed E-state index contributed by atoms with van der Waals surface area (Å²) in [4.78, 5) is 26.3. The number of unbranched alkanes of at least 4 members (excludes halogenated alkanes) is 3. The van der Waals surface area contributed by atoms with E-state index < -0.39 is 0 Å². The van der Waals surface area contributed by atoms with E-state index in [2.05, 4.69) is 56.3 Å². The van der Waals surface area contributed by atoms with Crippen molar-refractivity contribution in [3.8, 4) is 0 Å². The Hall–Kier alpha value is -2.20. The van der Waals surface area contributed by atoms with Crippen LogP contribution >= 0.6 is 0 Å². The molecule has 1 atom stereocenters. The number of benzene rings is 2. The zero-order valence-electron chi connectivity index (χ0n) is 19.0. The molecule has 2 amide bonds.